The molecule has 1 aromatic carbocycles. The zero-order chi connectivity index (χ0) is 12.7. The van der Waals surface area contributed by atoms with Crippen molar-refractivity contribution in [3.8, 4) is 0 Å². The third-order valence-electron chi connectivity index (χ3n) is 2.90. The van der Waals surface area contributed by atoms with Crippen molar-refractivity contribution < 1.29 is 4.79 Å². The van der Waals surface area contributed by atoms with Crippen LogP contribution in [-0.4, -0.2) is 30.3 Å². The van der Waals surface area contributed by atoms with Gasteiger partial charge in [0, 0.05) is 25.9 Å². The summed E-state index contributed by atoms with van der Waals surface area (Å²) in [6.45, 7) is 2.90. The molecule has 1 aromatic rings. The average molecular weight is 254 g/mol. The second-order valence-electron chi connectivity index (χ2n) is 4.17. The first kappa shape index (κ1) is 14.0. The Morgan fingerprint density at radius 3 is 2.35 bits per heavy atom. The Kier molecular flexibility index (Phi) is 6.06. The number of nitrogens with zero attached hydrogens (tertiary/aromatic N) is 1. The van der Waals surface area contributed by atoms with Crippen LogP contribution < -0.4 is 0 Å². The molecule has 0 saturated carbocycles. The average Bonchev–Trinajstić information content (AvgIpc) is 2.36. The Hall–Kier alpha value is -1.02. The van der Waals surface area contributed by atoms with E-state index in [4.69, 9.17) is 11.6 Å². The first-order valence-corrected chi connectivity index (χ1v) is 6.58. The maximum Gasteiger partial charge on any atom is 0.223 e. The molecule has 0 fully saturated rings. The summed E-state index contributed by atoms with van der Waals surface area (Å²) in [5.41, 5.74) is 2.62. The maximum absolute atomic E-state index is 11.5. The second kappa shape index (κ2) is 7.33. The highest BCUT2D eigenvalue weighted by Crippen LogP contribution is 2.06. The molecule has 1 amide bonds. The molecule has 0 aliphatic rings. The van der Waals surface area contributed by atoms with Crippen LogP contribution in [0.25, 0.3) is 0 Å². The molecule has 0 radical (unpaired) electrons. The number of hydrogen-bond donors (Lipinski definition) is 0. The topological polar surface area (TPSA) is 20.3 Å². The van der Waals surface area contributed by atoms with Gasteiger partial charge in [-0.1, -0.05) is 31.2 Å². The lowest BCUT2D eigenvalue weighted by Gasteiger charge is -2.16. The molecule has 0 aliphatic carbocycles. The van der Waals surface area contributed by atoms with E-state index in [1.54, 1.807) is 4.90 Å². The van der Waals surface area contributed by atoms with Crippen molar-refractivity contribution in [2.24, 2.45) is 0 Å². The molecule has 0 heterocycles. The van der Waals surface area contributed by atoms with E-state index in [2.05, 4.69) is 31.2 Å². The summed E-state index contributed by atoms with van der Waals surface area (Å²) in [7, 11) is 1.83. The monoisotopic (exact) mass is 253 g/mol. The Bertz CT molecular complexity index is 348. The lowest BCUT2D eigenvalue weighted by Crippen LogP contribution is -2.28. The molecular weight excluding hydrogens is 234 g/mol. The number of carbonyl (C=O) groups is 1. The van der Waals surface area contributed by atoms with Crippen LogP contribution in [0.1, 0.15) is 24.5 Å². The van der Waals surface area contributed by atoms with Crippen molar-refractivity contribution in [3.63, 3.8) is 0 Å². The summed E-state index contributed by atoms with van der Waals surface area (Å²) in [6, 6.07) is 8.57. The van der Waals surface area contributed by atoms with Crippen molar-refractivity contribution in [2.75, 3.05) is 19.5 Å². The summed E-state index contributed by atoms with van der Waals surface area (Å²) in [6.07, 6.45) is 2.38. The van der Waals surface area contributed by atoms with Gasteiger partial charge in [-0.3, -0.25) is 4.79 Å². The Labute approximate surface area is 109 Å². The zero-order valence-corrected chi connectivity index (χ0v) is 11.3. The number of aryl methyl sites for hydroxylation is 1. The van der Waals surface area contributed by atoms with Crippen molar-refractivity contribution in [1.29, 1.82) is 0 Å². The highest BCUT2D eigenvalue weighted by molar-refractivity contribution is 6.18. The van der Waals surface area contributed by atoms with Gasteiger partial charge in [-0.15, -0.1) is 11.6 Å². The largest absolute Gasteiger partial charge is 0.345 e. The molecular formula is C14H20ClNO. The molecule has 3 heteroatoms. The van der Waals surface area contributed by atoms with E-state index in [0.717, 1.165) is 19.4 Å². The molecule has 0 atom stereocenters. The Morgan fingerprint density at radius 1 is 1.24 bits per heavy atom. The zero-order valence-electron chi connectivity index (χ0n) is 10.6. The van der Waals surface area contributed by atoms with Gasteiger partial charge in [-0.05, 0) is 24.0 Å². The third kappa shape index (κ3) is 4.78. The van der Waals surface area contributed by atoms with Gasteiger partial charge in [0.15, 0.2) is 0 Å². The molecule has 0 N–H and O–H groups in total. The SMILES string of the molecule is CCc1ccc(CCN(C)C(=O)CCCl)cc1. The first-order valence-electron chi connectivity index (χ1n) is 6.05. The molecule has 17 heavy (non-hydrogen) atoms. The predicted octanol–water partition coefficient (Wildman–Crippen LogP) is 2.88. The number of likely N-dealkylation sites (N-methyl/N-ethyl adjacent to an activating group) is 1. The Morgan fingerprint density at radius 2 is 1.82 bits per heavy atom. The maximum atomic E-state index is 11.5. The molecule has 0 unspecified atom stereocenters. The van der Waals surface area contributed by atoms with E-state index in [0.29, 0.717) is 12.3 Å². The van der Waals surface area contributed by atoms with Gasteiger partial charge >= 0.3 is 0 Å². The summed E-state index contributed by atoms with van der Waals surface area (Å²) >= 11 is 5.54. The number of carbonyl (C=O) groups excluding carboxylic acids is 1. The molecule has 0 spiro atoms. The summed E-state index contributed by atoms with van der Waals surface area (Å²) in [5, 5.41) is 0. The smallest absolute Gasteiger partial charge is 0.223 e. The van der Waals surface area contributed by atoms with Crippen LogP contribution in [0.15, 0.2) is 24.3 Å². The summed E-state index contributed by atoms with van der Waals surface area (Å²) in [5.74, 6) is 0.513. The van der Waals surface area contributed by atoms with Crippen LogP contribution in [0, 0.1) is 0 Å². The van der Waals surface area contributed by atoms with Gasteiger partial charge in [0.05, 0.1) is 0 Å². The fourth-order valence-electron chi connectivity index (χ4n) is 1.63. The van der Waals surface area contributed by atoms with Crippen LogP contribution in [0.5, 0.6) is 0 Å². The quantitative estimate of drug-likeness (QED) is 0.714. The van der Waals surface area contributed by atoms with Gasteiger partial charge in [0.1, 0.15) is 0 Å². The van der Waals surface area contributed by atoms with E-state index >= 15 is 0 Å². The van der Waals surface area contributed by atoms with Gasteiger partial charge in [-0.2, -0.15) is 0 Å². The molecule has 0 bridgehead atoms. The highest BCUT2D eigenvalue weighted by atomic mass is 35.5. The molecule has 1 rings (SSSR count). The van der Waals surface area contributed by atoms with Crippen molar-refractivity contribution in [2.45, 2.75) is 26.2 Å². The lowest BCUT2D eigenvalue weighted by atomic mass is 10.1. The van der Waals surface area contributed by atoms with Gasteiger partial charge in [-0.25, -0.2) is 0 Å². The molecule has 0 aromatic heterocycles. The number of rotatable bonds is 6. The van der Waals surface area contributed by atoms with Gasteiger partial charge in [0.25, 0.3) is 0 Å². The number of hydrogen-bond acceptors (Lipinski definition) is 1. The minimum Gasteiger partial charge on any atom is -0.345 e. The number of halogens is 1. The van der Waals surface area contributed by atoms with Crippen molar-refractivity contribution in [3.05, 3.63) is 35.4 Å². The molecule has 2 nitrogen and oxygen atoms in total. The fourth-order valence-corrected chi connectivity index (χ4v) is 1.80. The third-order valence-corrected chi connectivity index (χ3v) is 3.09. The number of amides is 1. The second-order valence-corrected chi connectivity index (χ2v) is 4.55. The van der Waals surface area contributed by atoms with Crippen molar-refractivity contribution >= 4 is 17.5 Å². The van der Waals surface area contributed by atoms with Crippen LogP contribution in [0.3, 0.4) is 0 Å². The fraction of sp³-hybridized carbons (Fsp3) is 0.500. The van der Waals surface area contributed by atoms with E-state index in [9.17, 15) is 4.79 Å². The van der Waals surface area contributed by atoms with E-state index in [-0.39, 0.29) is 5.91 Å². The normalized spacial score (nSPS) is 10.3. The minimum absolute atomic E-state index is 0.116. The Balaban J connectivity index is 2.41. The molecule has 0 saturated heterocycles. The number of alkyl halides is 1. The minimum atomic E-state index is 0.116. The highest BCUT2D eigenvalue weighted by Gasteiger charge is 2.07. The van der Waals surface area contributed by atoms with Gasteiger partial charge < -0.3 is 4.90 Å². The summed E-state index contributed by atoms with van der Waals surface area (Å²) < 4.78 is 0. The van der Waals surface area contributed by atoms with Crippen LogP contribution in [-0.2, 0) is 17.6 Å². The lowest BCUT2D eigenvalue weighted by molar-refractivity contribution is -0.129. The first-order chi connectivity index (χ1) is 8.17. The predicted molar refractivity (Wildman–Crippen MR) is 72.5 cm³/mol. The van der Waals surface area contributed by atoms with E-state index in [1.165, 1.54) is 11.1 Å². The number of benzene rings is 1. The standard InChI is InChI=1S/C14H20ClNO/c1-3-12-4-6-13(7-5-12)9-11-16(2)14(17)8-10-15/h4-7H,3,8-11H2,1-2H3. The van der Waals surface area contributed by atoms with Crippen molar-refractivity contribution in [1.82, 2.24) is 4.90 Å². The molecule has 94 valence electrons. The summed E-state index contributed by atoms with van der Waals surface area (Å²) in [4.78, 5) is 13.3. The van der Waals surface area contributed by atoms with Crippen LogP contribution in [0.2, 0.25) is 0 Å². The van der Waals surface area contributed by atoms with E-state index in [1.807, 2.05) is 7.05 Å². The van der Waals surface area contributed by atoms with E-state index < -0.39 is 0 Å². The van der Waals surface area contributed by atoms with Crippen LogP contribution >= 0.6 is 11.6 Å². The van der Waals surface area contributed by atoms with Gasteiger partial charge in [0.2, 0.25) is 5.91 Å². The molecule has 0 aliphatic heterocycles. The van der Waals surface area contributed by atoms with Crippen LogP contribution in [0.4, 0.5) is 0 Å².